The van der Waals surface area contributed by atoms with Crippen molar-refractivity contribution >= 4 is 44.8 Å². The Morgan fingerprint density at radius 2 is 0.949 bits per heavy atom. The fraction of sp³-hybridized carbons (Fsp3) is 0.0588. The molecule has 2 heterocycles. The molecule has 0 saturated carbocycles. The van der Waals surface area contributed by atoms with Crippen LogP contribution < -0.4 is 24.8 Å². The Labute approximate surface area is 250 Å². The van der Waals surface area contributed by atoms with Crippen molar-refractivity contribution in [3.8, 4) is 0 Å². The molecule has 5 heteroatoms. The van der Waals surface area contributed by atoms with Crippen LogP contribution in [0.5, 0.6) is 0 Å². The predicted octanol–water partition coefficient (Wildman–Crippen LogP) is 3.16. The van der Waals surface area contributed by atoms with Gasteiger partial charge in [-0.1, -0.05) is 0 Å². The molecular formula is C34H22Cl2O2Zr. The van der Waals surface area contributed by atoms with Crippen LogP contribution in [0.1, 0.15) is 41.0 Å². The summed E-state index contributed by atoms with van der Waals surface area (Å²) in [6.07, 6.45) is 8.39. The second-order valence-corrected chi connectivity index (χ2v) is 13.4. The quantitative estimate of drug-likeness (QED) is 0.302. The van der Waals surface area contributed by atoms with E-state index >= 15 is 0 Å². The zero-order chi connectivity index (χ0) is 24.3. The number of hydrogen-bond donors (Lipinski definition) is 0. The summed E-state index contributed by atoms with van der Waals surface area (Å²) < 4.78 is 12.8. The monoisotopic (exact) mass is 622 g/mol. The molecule has 6 aromatic rings. The van der Waals surface area contributed by atoms with E-state index in [1.165, 1.54) is 54.9 Å². The summed E-state index contributed by atoms with van der Waals surface area (Å²) >= 11 is -1.17. The van der Waals surface area contributed by atoms with Crippen molar-refractivity contribution in [2.24, 2.45) is 0 Å². The average molecular weight is 625 g/mol. The van der Waals surface area contributed by atoms with Gasteiger partial charge in [0.2, 0.25) is 0 Å². The smallest absolute Gasteiger partial charge is 1.00 e. The molecule has 2 atom stereocenters. The predicted molar refractivity (Wildman–Crippen MR) is 147 cm³/mol. The second-order valence-electron chi connectivity index (χ2n) is 9.77. The van der Waals surface area contributed by atoms with E-state index in [-0.39, 0.29) is 24.8 Å². The maximum Gasteiger partial charge on any atom is -1.00 e. The van der Waals surface area contributed by atoms with E-state index in [1.54, 1.807) is 12.5 Å². The van der Waals surface area contributed by atoms with Crippen molar-refractivity contribution in [1.82, 2.24) is 0 Å². The van der Waals surface area contributed by atoms with Gasteiger partial charge in [-0.2, -0.15) is 0 Å². The largest absolute Gasteiger partial charge is 1.00 e. The van der Waals surface area contributed by atoms with Gasteiger partial charge in [-0.25, -0.2) is 0 Å². The molecule has 2 aromatic heterocycles. The summed E-state index contributed by atoms with van der Waals surface area (Å²) in [5, 5.41) is 5.23. The van der Waals surface area contributed by atoms with Crippen molar-refractivity contribution in [1.29, 1.82) is 0 Å². The van der Waals surface area contributed by atoms with Crippen molar-refractivity contribution in [3.63, 3.8) is 0 Å². The van der Waals surface area contributed by atoms with Crippen LogP contribution in [-0.2, 0) is 23.2 Å². The van der Waals surface area contributed by atoms with Crippen LogP contribution in [0.2, 0.25) is 0 Å². The van der Waals surface area contributed by atoms with Crippen molar-refractivity contribution < 1.29 is 56.9 Å². The molecule has 0 bridgehead atoms. The number of halogens is 2. The molecule has 2 aliphatic rings. The fourth-order valence-electron chi connectivity index (χ4n) is 6.10. The van der Waals surface area contributed by atoms with Gasteiger partial charge < -0.3 is 24.8 Å². The van der Waals surface area contributed by atoms with E-state index in [1.807, 2.05) is 12.1 Å². The first-order valence-electron chi connectivity index (χ1n) is 12.7. The number of rotatable bonds is 4. The second kappa shape index (κ2) is 10.5. The van der Waals surface area contributed by atoms with Gasteiger partial charge in [0.05, 0.1) is 0 Å². The van der Waals surface area contributed by atoms with Gasteiger partial charge in [0.15, 0.2) is 0 Å². The zero-order valence-electron chi connectivity index (χ0n) is 20.8. The standard InChI is InChI=1S/2C17H11O.2ClH.Zr/c2*1-2-5-15-12(4-1)7-8-13-10-14(11-16(13)15)17-6-3-9-18-17;;;/h2*1-11H;2*1H;/q;;;;+2/p-2. The first-order chi connectivity index (χ1) is 18.3. The number of fused-ring (bicyclic) bond motifs is 6. The van der Waals surface area contributed by atoms with Crippen molar-refractivity contribution in [2.45, 2.75) is 7.25 Å². The molecular weight excluding hydrogens is 603 g/mol. The maximum absolute atomic E-state index is 6.01. The Bertz CT molecular complexity index is 1730. The van der Waals surface area contributed by atoms with E-state index in [0.717, 1.165) is 11.5 Å². The summed E-state index contributed by atoms with van der Waals surface area (Å²) in [6, 6.07) is 35.0. The summed E-state index contributed by atoms with van der Waals surface area (Å²) in [5.41, 5.74) is 8.27. The Kier molecular flexibility index (Phi) is 7.02. The van der Waals surface area contributed by atoms with Crippen LogP contribution >= 0.6 is 0 Å². The number of hydrogen-bond acceptors (Lipinski definition) is 2. The summed E-state index contributed by atoms with van der Waals surface area (Å²) in [6.45, 7) is 0. The number of furan rings is 2. The van der Waals surface area contributed by atoms with Gasteiger partial charge in [0.25, 0.3) is 0 Å². The SMILES string of the molecule is C1=C(c2ccco2)[CH]([Zr+2][CH]2C(c3ccco3)=Cc3c2ccc2ccccc32)c2ccc3ccccc3c21.[Cl-].[Cl-]. The third kappa shape index (κ3) is 4.20. The minimum atomic E-state index is -1.17. The van der Waals surface area contributed by atoms with Crippen molar-refractivity contribution in [2.75, 3.05) is 0 Å². The molecule has 0 amide bonds. The molecule has 188 valence electrons. The van der Waals surface area contributed by atoms with Crippen LogP contribution in [0.3, 0.4) is 0 Å². The van der Waals surface area contributed by atoms with Crippen LogP contribution in [0.4, 0.5) is 0 Å². The average Bonchev–Trinajstić information content (AvgIpc) is 3.75. The topological polar surface area (TPSA) is 26.3 Å². The third-order valence-electron chi connectivity index (χ3n) is 7.80. The zero-order valence-corrected chi connectivity index (χ0v) is 24.7. The minimum Gasteiger partial charge on any atom is -1.00 e. The van der Waals surface area contributed by atoms with E-state index in [0.29, 0.717) is 7.25 Å². The van der Waals surface area contributed by atoms with E-state index in [2.05, 4.69) is 97.1 Å². The van der Waals surface area contributed by atoms with Crippen LogP contribution in [0, 0.1) is 0 Å². The molecule has 4 aromatic carbocycles. The number of allylic oxidation sites excluding steroid dienone is 2. The Hall–Kier alpha value is -3.10. The fourth-order valence-corrected chi connectivity index (χ4v) is 11.0. The van der Waals surface area contributed by atoms with Crippen LogP contribution in [-0.4, -0.2) is 0 Å². The van der Waals surface area contributed by atoms with Gasteiger partial charge in [-0.05, 0) is 0 Å². The molecule has 8 rings (SSSR count). The van der Waals surface area contributed by atoms with Gasteiger partial charge in [-0.3, -0.25) is 0 Å². The summed E-state index contributed by atoms with van der Waals surface area (Å²) in [4.78, 5) is 0. The molecule has 0 aliphatic heterocycles. The molecule has 2 nitrogen and oxygen atoms in total. The number of benzene rings is 4. The van der Waals surface area contributed by atoms with Gasteiger partial charge in [-0.15, -0.1) is 0 Å². The Morgan fingerprint density at radius 1 is 0.487 bits per heavy atom. The van der Waals surface area contributed by atoms with Gasteiger partial charge in [0.1, 0.15) is 0 Å². The Morgan fingerprint density at radius 3 is 1.38 bits per heavy atom. The molecule has 0 radical (unpaired) electrons. The summed E-state index contributed by atoms with van der Waals surface area (Å²) in [5.74, 6) is 1.98. The minimum absolute atomic E-state index is 0. The van der Waals surface area contributed by atoms with E-state index in [4.69, 9.17) is 8.83 Å². The summed E-state index contributed by atoms with van der Waals surface area (Å²) in [7, 11) is 0. The molecule has 39 heavy (non-hydrogen) atoms. The van der Waals surface area contributed by atoms with Crippen LogP contribution in [0.15, 0.2) is 118 Å². The molecule has 0 fully saturated rings. The van der Waals surface area contributed by atoms with Crippen molar-refractivity contribution in [3.05, 3.63) is 143 Å². The van der Waals surface area contributed by atoms with E-state index in [9.17, 15) is 0 Å². The van der Waals surface area contributed by atoms with Crippen LogP contribution in [0.25, 0.3) is 44.8 Å². The molecule has 0 saturated heterocycles. The maximum atomic E-state index is 6.01. The first-order valence-corrected chi connectivity index (χ1v) is 15.5. The Balaban J connectivity index is 0.00000138. The normalized spacial score (nSPS) is 17.0. The molecule has 0 N–H and O–H groups in total. The van der Waals surface area contributed by atoms with Gasteiger partial charge >= 0.3 is 228 Å². The van der Waals surface area contributed by atoms with E-state index < -0.39 is 23.2 Å². The molecule has 2 aliphatic carbocycles. The van der Waals surface area contributed by atoms with Gasteiger partial charge in [0, 0.05) is 0 Å². The molecule has 2 unspecified atom stereocenters. The third-order valence-corrected chi connectivity index (χ3v) is 12.5. The first kappa shape index (κ1) is 26.1. The molecule has 0 spiro atoms.